The molecule has 1 rings (SSSR count). The molecule has 1 aromatic carbocycles. The van der Waals surface area contributed by atoms with Gasteiger partial charge in [0.1, 0.15) is 0 Å². The first-order valence-corrected chi connectivity index (χ1v) is 4.10. The first kappa shape index (κ1) is 10.5. The highest BCUT2D eigenvalue weighted by Gasteiger charge is 2.13. The molecule has 0 saturated heterocycles. The van der Waals surface area contributed by atoms with Crippen molar-refractivity contribution in [3.63, 3.8) is 0 Å². The maximum absolute atomic E-state index is 11.1. The summed E-state index contributed by atoms with van der Waals surface area (Å²) in [5.74, 6) is 0. The summed E-state index contributed by atoms with van der Waals surface area (Å²) in [5, 5.41) is 21.1. The zero-order valence-electron chi connectivity index (χ0n) is 7.77. The third kappa shape index (κ3) is 2.01. The minimum Gasteiger partial charge on any atom is -0.392 e. The number of nitrogens with zero attached hydrogens (tertiary/aromatic N) is 1. The molecule has 0 unspecified atom stereocenters. The average molecular weight is 196 g/mol. The van der Waals surface area contributed by atoms with Gasteiger partial charge in [-0.25, -0.2) is 4.79 Å². The number of amides is 2. The second-order valence-corrected chi connectivity index (χ2v) is 2.65. The van der Waals surface area contributed by atoms with Crippen LogP contribution in [0.1, 0.15) is 5.56 Å². The number of aliphatic hydroxyl groups excluding tert-OH is 1. The van der Waals surface area contributed by atoms with Crippen molar-refractivity contribution in [3.8, 4) is 0 Å². The first-order valence-electron chi connectivity index (χ1n) is 4.10. The lowest BCUT2D eigenvalue weighted by atomic mass is 10.2. The fraction of sp³-hybridized carbons (Fsp3) is 0.222. The Kier molecular flexibility index (Phi) is 3.44. The van der Waals surface area contributed by atoms with Crippen LogP contribution in [0.15, 0.2) is 24.3 Å². The van der Waals surface area contributed by atoms with Crippen LogP contribution >= 0.6 is 0 Å². The van der Waals surface area contributed by atoms with Crippen molar-refractivity contribution in [1.82, 2.24) is 5.32 Å². The number of carbonyl (C=O) groups excluding carboxylic acids is 1. The molecular weight excluding hydrogens is 184 g/mol. The molecule has 0 spiro atoms. The lowest BCUT2D eigenvalue weighted by Gasteiger charge is -2.16. The molecule has 5 heteroatoms. The van der Waals surface area contributed by atoms with Gasteiger partial charge < -0.3 is 10.4 Å². The Bertz CT molecular complexity index is 328. The predicted molar refractivity (Wildman–Crippen MR) is 51.1 cm³/mol. The maximum atomic E-state index is 11.1. The van der Waals surface area contributed by atoms with Gasteiger partial charge in [0.2, 0.25) is 0 Å². The summed E-state index contributed by atoms with van der Waals surface area (Å²) in [6.07, 6.45) is 0. The molecule has 0 radical (unpaired) electrons. The number of hydrogen-bond acceptors (Lipinski definition) is 3. The van der Waals surface area contributed by atoms with E-state index in [9.17, 15) is 10.0 Å². The quantitative estimate of drug-likeness (QED) is 0.482. The number of hydroxylamine groups is 1. The number of hydrogen-bond donors (Lipinski definition) is 3. The van der Waals surface area contributed by atoms with Crippen LogP contribution < -0.4 is 10.4 Å². The fourth-order valence-electron chi connectivity index (χ4n) is 1.07. The van der Waals surface area contributed by atoms with E-state index in [2.05, 4.69) is 5.32 Å². The van der Waals surface area contributed by atoms with Crippen molar-refractivity contribution >= 4 is 11.7 Å². The number of urea groups is 1. The summed E-state index contributed by atoms with van der Waals surface area (Å²) in [7, 11) is 1.41. The molecule has 0 atom stereocenters. The van der Waals surface area contributed by atoms with Gasteiger partial charge in [0.15, 0.2) is 0 Å². The van der Waals surface area contributed by atoms with Crippen molar-refractivity contribution in [2.24, 2.45) is 0 Å². The van der Waals surface area contributed by atoms with E-state index in [1.165, 1.54) is 7.05 Å². The van der Waals surface area contributed by atoms with Gasteiger partial charge in [-0.15, -0.1) is 0 Å². The van der Waals surface area contributed by atoms with Crippen LogP contribution in [0.4, 0.5) is 10.5 Å². The van der Waals surface area contributed by atoms with Crippen LogP contribution in [0.5, 0.6) is 0 Å². The molecule has 76 valence electrons. The number of anilines is 1. The third-order valence-corrected chi connectivity index (χ3v) is 1.80. The molecule has 0 saturated carbocycles. The van der Waals surface area contributed by atoms with E-state index in [1.807, 2.05) is 0 Å². The Morgan fingerprint density at radius 1 is 1.50 bits per heavy atom. The second kappa shape index (κ2) is 4.59. The van der Waals surface area contributed by atoms with Crippen LogP contribution in [0.2, 0.25) is 0 Å². The summed E-state index contributed by atoms with van der Waals surface area (Å²) in [4.78, 5) is 11.1. The molecule has 5 nitrogen and oxygen atoms in total. The van der Waals surface area contributed by atoms with E-state index in [1.54, 1.807) is 24.3 Å². The van der Waals surface area contributed by atoms with Crippen LogP contribution in [0.25, 0.3) is 0 Å². The van der Waals surface area contributed by atoms with Crippen molar-refractivity contribution in [3.05, 3.63) is 29.8 Å². The number of rotatable bonds is 2. The van der Waals surface area contributed by atoms with Gasteiger partial charge >= 0.3 is 6.03 Å². The van der Waals surface area contributed by atoms with Gasteiger partial charge in [-0.05, 0) is 6.07 Å². The normalized spacial score (nSPS) is 9.64. The maximum Gasteiger partial charge on any atom is 0.345 e. The second-order valence-electron chi connectivity index (χ2n) is 2.65. The smallest absolute Gasteiger partial charge is 0.345 e. The number of aliphatic hydroxyl groups is 1. The minimum atomic E-state index is -0.647. The molecule has 0 aromatic heterocycles. The van der Waals surface area contributed by atoms with Crippen LogP contribution in [-0.4, -0.2) is 23.4 Å². The third-order valence-electron chi connectivity index (χ3n) is 1.80. The zero-order chi connectivity index (χ0) is 10.6. The number of nitrogens with one attached hydrogen (secondary N) is 1. The van der Waals surface area contributed by atoms with E-state index < -0.39 is 6.03 Å². The molecule has 14 heavy (non-hydrogen) atoms. The molecule has 0 fully saturated rings. The van der Waals surface area contributed by atoms with Crippen molar-refractivity contribution in [2.75, 3.05) is 12.1 Å². The van der Waals surface area contributed by atoms with Crippen LogP contribution in [0.3, 0.4) is 0 Å². The van der Waals surface area contributed by atoms with Gasteiger partial charge in [0, 0.05) is 12.6 Å². The van der Waals surface area contributed by atoms with Crippen LogP contribution in [0, 0.1) is 0 Å². The Morgan fingerprint density at radius 2 is 2.14 bits per heavy atom. The molecule has 2 amide bonds. The highest BCUT2D eigenvalue weighted by atomic mass is 16.5. The molecule has 0 aliphatic heterocycles. The lowest BCUT2D eigenvalue weighted by Crippen LogP contribution is -2.35. The monoisotopic (exact) mass is 196 g/mol. The molecule has 1 aromatic rings. The zero-order valence-corrected chi connectivity index (χ0v) is 7.77. The van der Waals surface area contributed by atoms with E-state index in [0.717, 1.165) is 0 Å². The molecule has 0 heterocycles. The van der Waals surface area contributed by atoms with Crippen LogP contribution in [-0.2, 0) is 6.61 Å². The van der Waals surface area contributed by atoms with Gasteiger partial charge in [0.25, 0.3) is 0 Å². The summed E-state index contributed by atoms with van der Waals surface area (Å²) >= 11 is 0. The summed E-state index contributed by atoms with van der Waals surface area (Å²) in [5.41, 5.74) is 0.757. The summed E-state index contributed by atoms with van der Waals surface area (Å²) in [6.45, 7) is -0.232. The highest BCUT2D eigenvalue weighted by Crippen LogP contribution is 2.18. The number of benzene rings is 1. The van der Waals surface area contributed by atoms with Crippen molar-refractivity contribution in [2.45, 2.75) is 6.61 Å². The van der Waals surface area contributed by atoms with E-state index in [-0.39, 0.29) is 12.3 Å². The fourth-order valence-corrected chi connectivity index (χ4v) is 1.07. The summed E-state index contributed by atoms with van der Waals surface area (Å²) < 4.78 is 0. The number of para-hydroxylation sites is 1. The number of carbonyl (C=O) groups is 1. The Hall–Kier alpha value is -1.59. The van der Waals surface area contributed by atoms with Crippen molar-refractivity contribution in [1.29, 1.82) is 0 Å². The molecule has 0 aliphatic carbocycles. The van der Waals surface area contributed by atoms with Gasteiger partial charge in [-0.2, -0.15) is 5.06 Å². The van der Waals surface area contributed by atoms with Gasteiger partial charge in [-0.1, -0.05) is 18.2 Å². The Morgan fingerprint density at radius 3 is 2.71 bits per heavy atom. The standard InChI is InChI=1S/C9H12N2O3/c1-10-9(13)11(14)8-5-3-2-4-7(8)6-12/h2-5,12,14H,6H2,1H3,(H,10,13). The van der Waals surface area contributed by atoms with Crippen molar-refractivity contribution < 1.29 is 15.1 Å². The first-order chi connectivity index (χ1) is 6.70. The largest absolute Gasteiger partial charge is 0.392 e. The average Bonchev–Trinajstić information content (AvgIpc) is 2.26. The molecular formula is C9H12N2O3. The molecule has 0 bridgehead atoms. The van der Waals surface area contributed by atoms with E-state index in [0.29, 0.717) is 10.6 Å². The van der Waals surface area contributed by atoms with Gasteiger partial charge in [0.05, 0.1) is 12.3 Å². The molecule has 3 N–H and O–H groups in total. The summed E-state index contributed by atoms with van der Waals surface area (Å²) in [6, 6.07) is 5.90. The highest BCUT2D eigenvalue weighted by molar-refractivity contribution is 5.90. The SMILES string of the molecule is CNC(=O)N(O)c1ccccc1CO. The predicted octanol–water partition coefficient (Wildman–Crippen LogP) is 0.714. The van der Waals surface area contributed by atoms with Gasteiger partial charge in [-0.3, -0.25) is 5.21 Å². The lowest BCUT2D eigenvalue weighted by molar-refractivity contribution is 0.205. The Balaban J connectivity index is 2.99. The van der Waals surface area contributed by atoms with E-state index in [4.69, 9.17) is 5.11 Å². The topological polar surface area (TPSA) is 72.8 Å². The minimum absolute atomic E-state index is 0.232. The molecule has 0 aliphatic rings. The van der Waals surface area contributed by atoms with E-state index >= 15 is 0 Å². The Labute approximate surface area is 81.5 Å².